The SMILES string of the molecule is C=CCN(C)CCCOC1CCN(S(=O)(=O)c2ccc(Br)cc2)CC1.O=C(O)C=CC(=O)O. The molecule has 0 amide bonds. The molecule has 1 aromatic rings. The van der Waals surface area contributed by atoms with Gasteiger partial charge in [-0.3, -0.25) is 0 Å². The number of piperidine rings is 1. The maximum Gasteiger partial charge on any atom is 0.328 e. The molecule has 0 atom stereocenters. The molecule has 0 bridgehead atoms. The first-order valence-corrected chi connectivity index (χ1v) is 12.6. The number of carboxylic acids is 2. The van der Waals surface area contributed by atoms with Crippen LogP contribution in [0.5, 0.6) is 0 Å². The molecule has 0 unspecified atom stereocenters. The van der Waals surface area contributed by atoms with Gasteiger partial charge in [-0.05, 0) is 50.6 Å². The number of aliphatic carboxylic acids is 2. The molecule has 1 aliphatic rings. The van der Waals surface area contributed by atoms with Crippen LogP contribution in [-0.4, -0.2) is 85.7 Å². The molecule has 11 heteroatoms. The average molecular weight is 547 g/mol. The van der Waals surface area contributed by atoms with E-state index in [2.05, 4.69) is 34.5 Å². The third-order valence-corrected chi connectivity index (χ3v) is 7.14. The lowest BCUT2D eigenvalue weighted by molar-refractivity contribution is -0.134. The van der Waals surface area contributed by atoms with Gasteiger partial charge < -0.3 is 19.8 Å². The van der Waals surface area contributed by atoms with Gasteiger partial charge in [-0.25, -0.2) is 18.0 Å². The molecular formula is C22H31BrN2O7S. The fraction of sp³-hybridized carbons (Fsp3) is 0.455. The van der Waals surface area contributed by atoms with Crippen molar-refractivity contribution in [3.05, 3.63) is 53.5 Å². The Bertz CT molecular complexity index is 880. The van der Waals surface area contributed by atoms with E-state index in [9.17, 15) is 18.0 Å². The summed E-state index contributed by atoms with van der Waals surface area (Å²) in [7, 11) is -1.34. The van der Waals surface area contributed by atoms with Crippen LogP contribution in [0.25, 0.3) is 0 Å². The van der Waals surface area contributed by atoms with Gasteiger partial charge in [0.15, 0.2) is 0 Å². The quantitative estimate of drug-likeness (QED) is 0.246. The molecule has 1 heterocycles. The fourth-order valence-electron chi connectivity index (χ4n) is 3.03. The van der Waals surface area contributed by atoms with E-state index in [-0.39, 0.29) is 6.10 Å². The number of halogens is 1. The van der Waals surface area contributed by atoms with Crippen LogP contribution in [0.15, 0.2) is 58.4 Å². The van der Waals surface area contributed by atoms with E-state index in [0.717, 1.165) is 36.8 Å². The highest BCUT2D eigenvalue weighted by Gasteiger charge is 2.29. The molecule has 2 N–H and O–H groups in total. The first-order valence-electron chi connectivity index (χ1n) is 10.4. The average Bonchev–Trinajstić information content (AvgIpc) is 2.76. The van der Waals surface area contributed by atoms with Gasteiger partial charge in [0.2, 0.25) is 10.0 Å². The van der Waals surface area contributed by atoms with E-state index in [0.29, 0.717) is 36.7 Å². The standard InChI is InChI=1S/C18H27BrN2O3S.C4H4O4/c1-3-11-20(2)12-4-15-24-17-9-13-21(14-10-17)25(22,23)18-7-5-16(19)6-8-18;5-3(6)1-2-4(7)8/h3,5-8,17H,1,4,9-15H2,2H3;1-2H,(H,5,6)(H,7,8). The van der Waals surface area contributed by atoms with Gasteiger partial charge in [0.25, 0.3) is 0 Å². The first-order chi connectivity index (χ1) is 15.6. The molecule has 1 aliphatic heterocycles. The molecule has 2 rings (SSSR count). The third kappa shape index (κ3) is 11.6. The van der Waals surface area contributed by atoms with Crippen molar-refractivity contribution in [3.8, 4) is 0 Å². The number of carbonyl (C=O) groups is 2. The zero-order valence-corrected chi connectivity index (χ0v) is 21.0. The summed E-state index contributed by atoms with van der Waals surface area (Å²) in [5.74, 6) is -2.51. The molecule has 0 spiro atoms. The summed E-state index contributed by atoms with van der Waals surface area (Å²) in [6.45, 7) is 7.32. The summed E-state index contributed by atoms with van der Waals surface area (Å²) in [4.78, 5) is 21.7. The Morgan fingerprint density at radius 3 is 2.21 bits per heavy atom. The Balaban J connectivity index is 0.000000582. The van der Waals surface area contributed by atoms with Gasteiger partial charge in [0, 0.05) is 49.4 Å². The molecule has 184 valence electrons. The number of hydrogen-bond donors (Lipinski definition) is 2. The number of hydrogen-bond acceptors (Lipinski definition) is 6. The van der Waals surface area contributed by atoms with Gasteiger partial charge in [-0.2, -0.15) is 4.31 Å². The minimum Gasteiger partial charge on any atom is -0.478 e. The summed E-state index contributed by atoms with van der Waals surface area (Å²) in [6, 6.07) is 6.79. The van der Waals surface area contributed by atoms with E-state index in [1.165, 1.54) is 0 Å². The summed E-state index contributed by atoms with van der Waals surface area (Å²) >= 11 is 3.33. The topological polar surface area (TPSA) is 124 Å². The summed E-state index contributed by atoms with van der Waals surface area (Å²) in [6.07, 6.45) is 5.63. The molecule has 0 radical (unpaired) electrons. The predicted molar refractivity (Wildman–Crippen MR) is 129 cm³/mol. The van der Waals surface area contributed by atoms with Gasteiger partial charge in [0.1, 0.15) is 0 Å². The Labute approximate surface area is 203 Å². The van der Waals surface area contributed by atoms with Gasteiger partial charge >= 0.3 is 11.9 Å². The fourth-order valence-corrected chi connectivity index (χ4v) is 4.77. The van der Waals surface area contributed by atoms with E-state index in [1.54, 1.807) is 28.6 Å². The van der Waals surface area contributed by atoms with Crippen molar-refractivity contribution in [2.45, 2.75) is 30.3 Å². The van der Waals surface area contributed by atoms with Gasteiger partial charge in [0.05, 0.1) is 11.0 Å². The highest BCUT2D eigenvalue weighted by atomic mass is 79.9. The van der Waals surface area contributed by atoms with Crippen LogP contribution in [0, 0.1) is 0 Å². The largest absolute Gasteiger partial charge is 0.478 e. The first kappa shape index (κ1) is 29.0. The molecule has 1 fully saturated rings. The van der Waals surface area contributed by atoms with Crippen LogP contribution >= 0.6 is 15.9 Å². The lowest BCUT2D eigenvalue weighted by Crippen LogP contribution is -2.41. The number of sulfonamides is 1. The van der Waals surface area contributed by atoms with Crippen molar-refractivity contribution in [2.75, 3.05) is 39.8 Å². The highest BCUT2D eigenvalue weighted by molar-refractivity contribution is 9.10. The second-order valence-corrected chi connectivity index (χ2v) is 10.2. The smallest absolute Gasteiger partial charge is 0.328 e. The zero-order valence-electron chi connectivity index (χ0n) is 18.6. The summed E-state index contributed by atoms with van der Waals surface area (Å²) in [5.41, 5.74) is 0. The monoisotopic (exact) mass is 546 g/mol. The maximum atomic E-state index is 12.7. The number of benzene rings is 1. The van der Waals surface area contributed by atoms with Crippen molar-refractivity contribution in [2.24, 2.45) is 0 Å². The van der Waals surface area contributed by atoms with E-state index in [4.69, 9.17) is 14.9 Å². The lowest BCUT2D eigenvalue weighted by atomic mass is 10.1. The minimum absolute atomic E-state index is 0.154. The van der Waals surface area contributed by atoms with E-state index in [1.807, 2.05) is 6.08 Å². The number of likely N-dealkylation sites (N-methyl/N-ethyl adjacent to an activating group) is 1. The third-order valence-electron chi connectivity index (χ3n) is 4.70. The normalized spacial score (nSPS) is 15.2. The molecular weight excluding hydrogens is 516 g/mol. The van der Waals surface area contributed by atoms with Crippen molar-refractivity contribution in [1.29, 1.82) is 0 Å². The number of rotatable bonds is 11. The van der Waals surface area contributed by atoms with E-state index >= 15 is 0 Å². The Morgan fingerprint density at radius 1 is 1.18 bits per heavy atom. The van der Waals surface area contributed by atoms with Crippen LogP contribution in [0.3, 0.4) is 0 Å². The van der Waals surface area contributed by atoms with Gasteiger partial charge in [-0.1, -0.05) is 22.0 Å². The predicted octanol–water partition coefficient (Wildman–Crippen LogP) is 2.84. The zero-order chi connectivity index (χ0) is 24.9. The van der Waals surface area contributed by atoms with Crippen LogP contribution in [0.2, 0.25) is 0 Å². The Kier molecular flexibility index (Phi) is 13.1. The minimum atomic E-state index is -3.40. The second-order valence-electron chi connectivity index (χ2n) is 7.34. The van der Waals surface area contributed by atoms with Crippen LogP contribution < -0.4 is 0 Å². The van der Waals surface area contributed by atoms with Crippen molar-refractivity contribution >= 4 is 37.9 Å². The van der Waals surface area contributed by atoms with Gasteiger partial charge in [-0.15, -0.1) is 6.58 Å². The Morgan fingerprint density at radius 2 is 1.73 bits per heavy atom. The van der Waals surface area contributed by atoms with E-state index < -0.39 is 22.0 Å². The molecule has 0 saturated carbocycles. The van der Waals surface area contributed by atoms with Crippen molar-refractivity contribution in [1.82, 2.24) is 9.21 Å². The summed E-state index contributed by atoms with van der Waals surface area (Å²) in [5, 5.41) is 15.6. The highest BCUT2D eigenvalue weighted by Crippen LogP contribution is 2.23. The molecule has 1 aromatic carbocycles. The van der Waals surface area contributed by atoms with Crippen LogP contribution in [0.1, 0.15) is 19.3 Å². The number of carboxylic acid groups (broad SMARTS) is 2. The Hall–Kier alpha value is -2.05. The number of nitrogens with zero attached hydrogens (tertiary/aromatic N) is 2. The number of ether oxygens (including phenoxy) is 1. The van der Waals surface area contributed by atoms with Crippen LogP contribution in [0.4, 0.5) is 0 Å². The molecule has 0 aromatic heterocycles. The second kappa shape index (κ2) is 15.0. The lowest BCUT2D eigenvalue weighted by Gasteiger charge is -2.31. The van der Waals surface area contributed by atoms with Crippen molar-refractivity contribution < 1.29 is 33.0 Å². The summed E-state index contributed by atoms with van der Waals surface area (Å²) < 4.78 is 33.7. The molecule has 9 nitrogen and oxygen atoms in total. The maximum absolute atomic E-state index is 12.7. The molecule has 0 aliphatic carbocycles. The molecule has 33 heavy (non-hydrogen) atoms. The molecule has 1 saturated heterocycles. The van der Waals surface area contributed by atoms with Crippen LogP contribution in [-0.2, 0) is 24.3 Å². The van der Waals surface area contributed by atoms with Crippen molar-refractivity contribution in [3.63, 3.8) is 0 Å².